The van der Waals surface area contributed by atoms with Gasteiger partial charge in [0.05, 0.1) is 4.90 Å². The second-order valence-corrected chi connectivity index (χ2v) is 4.06. The van der Waals surface area contributed by atoms with Crippen molar-refractivity contribution in [2.45, 2.75) is 11.8 Å². The molecule has 0 amide bonds. The van der Waals surface area contributed by atoms with Gasteiger partial charge < -0.3 is 4.55 Å². The fraction of sp³-hybridized carbons (Fsp3) is 0.111. The first-order valence-electron chi connectivity index (χ1n) is 3.64. The van der Waals surface area contributed by atoms with Crippen molar-refractivity contribution in [1.29, 1.82) is 0 Å². The average molecular weight is 220 g/mol. The third-order valence-corrected chi connectivity index (χ3v) is 2.59. The summed E-state index contributed by atoms with van der Waals surface area (Å²) in [5.41, 5.74) is 1.55. The number of benzene rings is 1. The van der Waals surface area contributed by atoms with Crippen molar-refractivity contribution in [3.05, 3.63) is 35.9 Å². The number of hydrogen-bond donors (Lipinski definition) is 0. The van der Waals surface area contributed by atoms with Gasteiger partial charge in [-0.1, -0.05) is 18.7 Å². The second-order valence-electron chi connectivity index (χ2n) is 2.68. The molecule has 0 fully saturated rings. The first-order valence-corrected chi connectivity index (χ1v) is 5.05. The average Bonchev–Trinajstić information content (AvgIpc) is 2.03. The van der Waals surface area contributed by atoms with Crippen LogP contribution in [0.5, 0.6) is 0 Å². The van der Waals surface area contributed by atoms with Gasteiger partial charge in [0, 0.05) is 0 Å². The summed E-state index contributed by atoms with van der Waals surface area (Å²) in [6.07, 6.45) is 1.52. The Balaban J connectivity index is 0.00000169. The predicted octanol–water partition coefficient (Wildman–Crippen LogP) is -1.45. The molecule has 0 saturated heterocycles. The van der Waals surface area contributed by atoms with Crippen LogP contribution in [0.2, 0.25) is 0 Å². The molecule has 0 aliphatic heterocycles. The molecule has 0 aliphatic rings. The van der Waals surface area contributed by atoms with Gasteiger partial charge in [-0.25, -0.2) is 8.42 Å². The van der Waals surface area contributed by atoms with Crippen molar-refractivity contribution in [3.8, 4) is 0 Å². The van der Waals surface area contributed by atoms with Crippen molar-refractivity contribution in [2.75, 3.05) is 0 Å². The second kappa shape index (κ2) is 5.09. The van der Waals surface area contributed by atoms with Gasteiger partial charge in [0.1, 0.15) is 10.1 Å². The van der Waals surface area contributed by atoms with E-state index in [-0.39, 0.29) is 34.5 Å². The summed E-state index contributed by atoms with van der Waals surface area (Å²) < 4.78 is 31.9. The van der Waals surface area contributed by atoms with Crippen molar-refractivity contribution < 1.29 is 42.5 Å². The normalized spacial score (nSPS) is 10.4. The van der Waals surface area contributed by atoms with Crippen LogP contribution >= 0.6 is 0 Å². The van der Waals surface area contributed by atoms with E-state index in [1.54, 1.807) is 6.07 Å². The molecule has 0 atom stereocenters. The molecule has 0 saturated carbocycles. The molecule has 1 rings (SSSR count). The predicted molar refractivity (Wildman–Crippen MR) is 49.2 cm³/mol. The van der Waals surface area contributed by atoms with E-state index in [9.17, 15) is 13.0 Å². The fourth-order valence-corrected chi connectivity index (χ4v) is 1.50. The fourth-order valence-electron chi connectivity index (χ4n) is 0.994. The number of rotatable bonds is 2. The third kappa shape index (κ3) is 3.22. The van der Waals surface area contributed by atoms with Crippen LogP contribution in [0.25, 0.3) is 6.08 Å². The van der Waals surface area contributed by atoms with E-state index < -0.39 is 10.1 Å². The molecule has 5 heteroatoms. The Morgan fingerprint density at radius 3 is 2.43 bits per heavy atom. The molecule has 0 spiro atoms. The van der Waals surface area contributed by atoms with Crippen LogP contribution in [0.3, 0.4) is 0 Å². The van der Waals surface area contributed by atoms with Gasteiger partial charge >= 0.3 is 29.6 Å². The Bertz CT molecular complexity index is 437. The van der Waals surface area contributed by atoms with Gasteiger partial charge in [0.25, 0.3) is 0 Å². The summed E-state index contributed by atoms with van der Waals surface area (Å²) in [7, 11) is -4.35. The smallest absolute Gasteiger partial charge is 0.744 e. The molecule has 1 aromatic rings. The van der Waals surface area contributed by atoms with Crippen molar-refractivity contribution >= 4 is 16.2 Å². The van der Waals surface area contributed by atoms with Crippen LogP contribution in [0, 0.1) is 6.92 Å². The SMILES string of the molecule is C=Cc1cc(S(=O)(=O)[O-])ccc1C.[Na+]. The molecule has 0 unspecified atom stereocenters. The quantitative estimate of drug-likeness (QED) is 0.452. The largest absolute Gasteiger partial charge is 1.00 e. The maximum absolute atomic E-state index is 10.6. The molecule has 70 valence electrons. The molecule has 1 aromatic carbocycles. The van der Waals surface area contributed by atoms with Crippen LogP contribution in [0.15, 0.2) is 29.7 Å². The molecule has 0 N–H and O–H groups in total. The van der Waals surface area contributed by atoms with E-state index in [1.165, 1.54) is 18.2 Å². The number of hydrogen-bond acceptors (Lipinski definition) is 3. The van der Waals surface area contributed by atoms with Crippen molar-refractivity contribution in [3.63, 3.8) is 0 Å². The Labute approximate surface area is 106 Å². The van der Waals surface area contributed by atoms with Crippen LogP contribution < -0.4 is 29.6 Å². The zero-order chi connectivity index (χ0) is 10.1. The summed E-state index contributed by atoms with van der Waals surface area (Å²) in [6.45, 7) is 5.34. The summed E-state index contributed by atoms with van der Waals surface area (Å²) in [6, 6.07) is 4.21. The van der Waals surface area contributed by atoms with E-state index in [1.807, 2.05) is 6.92 Å². The summed E-state index contributed by atoms with van der Waals surface area (Å²) >= 11 is 0. The topological polar surface area (TPSA) is 57.2 Å². The van der Waals surface area contributed by atoms with Gasteiger partial charge in [-0.3, -0.25) is 0 Å². The Hall–Kier alpha value is -0.130. The molecule has 3 nitrogen and oxygen atoms in total. The van der Waals surface area contributed by atoms with Crippen LogP contribution in [0.1, 0.15) is 11.1 Å². The summed E-state index contributed by atoms with van der Waals surface area (Å²) in [4.78, 5) is -0.215. The van der Waals surface area contributed by atoms with Gasteiger partial charge in [-0.15, -0.1) is 0 Å². The van der Waals surface area contributed by atoms with E-state index in [0.29, 0.717) is 5.56 Å². The van der Waals surface area contributed by atoms with Crippen LogP contribution in [0.4, 0.5) is 0 Å². The van der Waals surface area contributed by atoms with Crippen LogP contribution in [-0.2, 0) is 10.1 Å². The zero-order valence-electron chi connectivity index (χ0n) is 8.15. The minimum atomic E-state index is -4.35. The van der Waals surface area contributed by atoms with Gasteiger partial charge in [0.2, 0.25) is 0 Å². The molecule has 0 aromatic heterocycles. The first kappa shape index (κ1) is 13.9. The molecular weight excluding hydrogens is 211 g/mol. The summed E-state index contributed by atoms with van der Waals surface area (Å²) in [5.74, 6) is 0. The first-order chi connectivity index (χ1) is 5.95. The van der Waals surface area contributed by atoms with Crippen LogP contribution in [-0.4, -0.2) is 13.0 Å². The zero-order valence-corrected chi connectivity index (χ0v) is 11.0. The monoisotopic (exact) mass is 220 g/mol. The maximum Gasteiger partial charge on any atom is 1.00 e. The third-order valence-electron chi connectivity index (χ3n) is 1.76. The van der Waals surface area contributed by atoms with E-state index >= 15 is 0 Å². The van der Waals surface area contributed by atoms with Crippen molar-refractivity contribution in [2.24, 2.45) is 0 Å². The molecule has 0 heterocycles. The molecule has 0 radical (unpaired) electrons. The molecule has 0 bridgehead atoms. The van der Waals surface area contributed by atoms with Gasteiger partial charge in [-0.2, -0.15) is 0 Å². The molecule has 14 heavy (non-hydrogen) atoms. The van der Waals surface area contributed by atoms with E-state index in [0.717, 1.165) is 5.56 Å². The summed E-state index contributed by atoms with van der Waals surface area (Å²) in [5, 5.41) is 0. The Morgan fingerprint density at radius 2 is 2.00 bits per heavy atom. The van der Waals surface area contributed by atoms with E-state index in [2.05, 4.69) is 6.58 Å². The van der Waals surface area contributed by atoms with Gasteiger partial charge in [0.15, 0.2) is 0 Å². The molecule has 0 aliphatic carbocycles. The molecular formula is C9H9NaO3S. The minimum absolute atomic E-state index is 0. The van der Waals surface area contributed by atoms with Gasteiger partial charge in [-0.05, 0) is 30.2 Å². The number of aryl methyl sites for hydroxylation is 1. The Morgan fingerprint density at radius 1 is 1.43 bits per heavy atom. The maximum atomic E-state index is 10.6. The Kier molecular flexibility index (Phi) is 5.05. The minimum Gasteiger partial charge on any atom is -0.744 e. The standard InChI is InChI=1S/C9H10O3S.Na/c1-3-8-6-9(13(10,11)12)5-4-7(8)2;/h3-6H,1H2,2H3,(H,10,11,12);/q;+1/p-1. The van der Waals surface area contributed by atoms with Crippen molar-refractivity contribution in [1.82, 2.24) is 0 Å². The van der Waals surface area contributed by atoms with E-state index in [4.69, 9.17) is 0 Å².